The molecule has 0 aliphatic rings. The van der Waals surface area contributed by atoms with Crippen molar-refractivity contribution in [3.8, 4) is 0 Å². The van der Waals surface area contributed by atoms with E-state index in [4.69, 9.17) is 10.8 Å². The van der Waals surface area contributed by atoms with Crippen LogP contribution in [0.15, 0.2) is 29.6 Å². The molecule has 0 amide bonds. The number of hydrogen-bond acceptors (Lipinski definition) is 4. The van der Waals surface area contributed by atoms with Gasteiger partial charge in [0.05, 0.1) is 16.9 Å². The Morgan fingerprint density at radius 1 is 1.42 bits per heavy atom. The number of aryl methyl sites for hydroxylation is 1. The van der Waals surface area contributed by atoms with Crippen molar-refractivity contribution in [2.75, 3.05) is 11.1 Å². The summed E-state index contributed by atoms with van der Waals surface area (Å²) in [5.74, 6) is -0.951. The van der Waals surface area contributed by atoms with E-state index in [9.17, 15) is 4.79 Å². The SMILES string of the molecule is CCc1ccsc1CNc1cc(C(=O)O)ccc1N. The number of thiophene rings is 1. The first-order valence-corrected chi connectivity index (χ1v) is 6.91. The topological polar surface area (TPSA) is 75.3 Å². The highest BCUT2D eigenvalue weighted by atomic mass is 32.1. The van der Waals surface area contributed by atoms with Gasteiger partial charge in [-0.15, -0.1) is 11.3 Å². The first-order valence-electron chi connectivity index (χ1n) is 6.03. The number of carboxylic acid groups (broad SMARTS) is 1. The lowest BCUT2D eigenvalue weighted by molar-refractivity contribution is 0.0697. The van der Waals surface area contributed by atoms with E-state index >= 15 is 0 Å². The highest BCUT2D eigenvalue weighted by Gasteiger charge is 2.08. The monoisotopic (exact) mass is 276 g/mol. The summed E-state index contributed by atoms with van der Waals surface area (Å²) in [6.07, 6.45) is 0.991. The van der Waals surface area contributed by atoms with Gasteiger partial charge in [0.2, 0.25) is 0 Å². The van der Waals surface area contributed by atoms with Gasteiger partial charge in [-0.3, -0.25) is 0 Å². The molecule has 0 atom stereocenters. The number of benzene rings is 1. The van der Waals surface area contributed by atoms with E-state index in [1.165, 1.54) is 16.5 Å². The summed E-state index contributed by atoms with van der Waals surface area (Å²) < 4.78 is 0. The Hall–Kier alpha value is -2.01. The fraction of sp³-hybridized carbons (Fsp3) is 0.214. The summed E-state index contributed by atoms with van der Waals surface area (Å²) in [5, 5.41) is 14.2. The molecule has 1 heterocycles. The first-order chi connectivity index (χ1) is 9.11. The van der Waals surface area contributed by atoms with E-state index in [0.29, 0.717) is 17.9 Å². The number of nitrogens with two attached hydrogens (primary N) is 1. The fourth-order valence-electron chi connectivity index (χ4n) is 1.86. The second-order valence-corrected chi connectivity index (χ2v) is 5.18. The lowest BCUT2D eigenvalue weighted by Crippen LogP contribution is -2.05. The van der Waals surface area contributed by atoms with Crippen molar-refractivity contribution in [2.24, 2.45) is 0 Å². The van der Waals surface area contributed by atoms with E-state index < -0.39 is 5.97 Å². The molecule has 5 heteroatoms. The van der Waals surface area contributed by atoms with Crippen molar-refractivity contribution in [2.45, 2.75) is 19.9 Å². The molecule has 0 aliphatic heterocycles. The molecule has 19 heavy (non-hydrogen) atoms. The summed E-state index contributed by atoms with van der Waals surface area (Å²) in [6, 6.07) is 6.79. The molecule has 4 nitrogen and oxygen atoms in total. The number of nitrogens with one attached hydrogen (secondary N) is 1. The summed E-state index contributed by atoms with van der Waals surface area (Å²) in [7, 11) is 0. The summed E-state index contributed by atoms with van der Waals surface area (Å²) in [4.78, 5) is 12.2. The predicted octanol–water partition coefficient (Wildman–Crippen LogP) is 3.20. The van der Waals surface area contributed by atoms with Crippen molar-refractivity contribution >= 4 is 28.7 Å². The zero-order chi connectivity index (χ0) is 13.8. The summed E-state index contributed by atoms with van der Waals surface area (Å²) in [6.45, 7) is 2.78. The van der Waals surface area contributed by atoms with Gasteiger partial charge in [-0.1, -0.05) is 6.92 Å². The Kier molecular flexibility index (Phi) is 4.06. The molecule has 1 aromatic carbocycles. The number of nitrogen functional groups attached to an aromatic ring is 1. The quantitative estimate of drug-likeness (QED) is 0.733. The van der Waals surface area contributed by atoms with E-state index in [-0.39, 0.29) is 5.56 Å². The van der Waals surface area contributed by atoms with Gasteiger partial charge in [-0.25, -0.2) is 4.79 Å². The Labute approximate surface area is 115 Å². The maximum Gasteiger partial charge on any atom is 0.335 e. The first kappa shape index (κ1) is 13.4. The number of carbonyl (C=O) groups is 1. The van der Waals surface area contributed by atoms with Gasteiger partial charge in [0.1, 0.15) is 0 Å². The lowest BCUT2D eigenvalue weighted by Gasteiger charge is -2.10. The van der Waals surface area contributed by atoms with Crippen LogP contribution in [0, 0.1) is 0 Å². The lowest BCUT2D eigenvalue weighted by atomic mass is 10.1. The maximum absolute atomic E-state index is 10.9. The second-order valence-electron chi connectivity index (χ2n) is 4.18. The molecule has 0 fully saturated rings. The van der Waals surface area contributed by atoms with Crippen LogP contribution in [0.3, 0.4) is 0 Å². The molecule has 1 aromatic heterocycles. The Balaban J connectivity index is 2.15. The minimum atomic E-state index is -0.951. The number of carboxylic acids is 1. The predicted molar refractivity (Wildman–Crippen MR) is 78.8 cm³/mol. The third-order valence-electron chi connectivity index (χ3n) is 2.96. The molecule has 0 aliphatic carbocycles. The van der Waals surface area contributed by atoms with Crippen LogP contribution in [0.25, 0.3) is 0 Å². The van der Waals surface area contributed by atoms with Crippen molar-refractivity contribution in [1.82, 2.24) is 0 Å². The average Bonchev–Trinajstić information content (AvgIpc) is 2.85. The highest BCUT2D eigenvalue weighted by Crippen LogP contribution is 2.23. The van der Waals surface area contributed by atoms with Crippen LogP contribution in [-0.4, -0.2) is 11.1 Å². The van der Waals surface area contributed by atoms with Crippen LogP contribution in [0.5, 0.6) is 0 Å². The second kappa shape index (κ2) is 5.75. The fourth-order valence-corrected chi connectivity index (χ4v) is 2.77. The van der Waals surface area contributed by atoms with E-state index in [1.807, 2.05) is 0 Å². The van der Waals surface area contributed by atoms with Crippen LogP contribution in [0.1, 0.15) is 27.7 Å². The van der Waals surface area contributed by atoms with E-state index in [2.05, 4.69) is 23.7 Å². The minimum Gasteiger partial charge on any atom is -0.478 e. The van der Waals surface area contributed by atoms with Gasteiger partial charge in [0, 0.05) is 11.4 Å². The zero-order valence-corrected chi connectivity index (χ0v) is 11.5. The van der Waals surface area contributed by atoms with Crippen molar-refractivity contribution in [1.29, 1.82) is 0 Å². The molecule has 4 N–H and O–H groups in total. The minimum absolute atomic E-state index is 0.235. The van der Waals surface area contributed by atoms with Crippen LogP contribution in [0.2, 0.25) is 0 Å². The van der Waals surface area contributed by atoms with Crippen molar-refractivity contribution < 1.29 is 9.90 Å². The van der Waals surface area contributed by atoms with Crippen molar-refractivity contribution in [3.63, 3.8) is 0 Å². The molecule has 0 radical (unpaired) electrons. The van der Waals surface area contributed by atoms with E-state index in [0.717, 1.165) is 6.42 Å². The molecule has 0 saturated heterocycles. The third kappa shape index (κ3) is 3.06. The van der Waals surface area contributed by atoms with Crippen LogP contribution < -0.4 is 11.1 Å². The van der Waals surface area contributed by atoms with Gasteiger partial charge >= 0.3 is 5.97 Å². The van der Waals surface area contributed by atoms with Gasteiger partial charge in [0.25, 0.3) is 0 Å². The molecule has 100 valence electrons. The molecule has 2 aromatic rings. The van der Waals surface area contributed by atoms with Gasteiger partial charge in [-0.2, -0.15) is 0 Å². The van der Waals surface area contributed by atoms with Gasteiger partial charge in [-0.05, 0) is 41.6 Å². The van der Waals surface area contributed by atoms with Crippen LogP contribution in [0.4, 0.5) is 11.4 Å². The Morgan fingerprint density at radius 2 is 2.21 bits per heavy atom. The Bertz CT molecular complexity index is 593. The third-order valence-corrected chi connectivity index (χ3v) is 3.92. The van der Waals surface area contributed by atoms with Crippen LogP contribution >= 0.6 is 11.3 Å². The molecule has 0 unspecified atom stereocenters. The molecular formula is C14H16N2O2S. The molecule has 2 rings (SSSR count). The summed E-state index contributed by atoms with van der Waals surface area (Å²) >= 11 is 1.69. The smallest absolute Gasteiger partial charge is 0.335 e. The number of aromatic carboxylic acids is 1. The maximum atomic E-state index is 10.9. The zero-order valence-electron chi connectivity index (χ0n) is 10.6. The van der Waals surface area contributed by atoms with Gasteiger partial charge < -0.3 is 16.2 Å². The van der Waals surface area contributed by atoms with Crippen molar-refractivity contribution in [3.05, 3.63) is 45.6 Å². The largest absolute Gasteiger partial charge is 0.478 e. The summed E-state index contributed by atoms with van der Waals surface area (Å²) in [5.41, 5.74) is 8.61. The standard InChI is InChI=1S/C14H16N2O2S/c1-2-9-5-6-19-13(9)8-16-12-7-10(14(17)18)3-4-11(12)15/h3-7,16H,2,8,15H2,1H3,(H,17,18). The normalized spacial score (nSPS) is 10.4. The van der Waals surface area contributed by atoms with Crippen LogP contribution in [-0.2, 0) is 13.0 Å². The molecule has 0 spiro atoms. The molecular weight excluding hydrogens is 260 g/mol. The van der Waals surface area contributed by atoms with E-state index in [1.54, 1.807) is 23.5 Å². The highest BCUT2D eigenvalue weighted by molar-refractivity contribution is 7.10. The van der Waals surface area contributed by atoms with Gasteiger partial charge in [0.15, 0.2) is 0 Å². The number of rotatable bonds is 5. The average molecular weight is 276 g/mol. The molecule has 0 bridgehead atoms. The molecule has 0 saturated carbocycles. The number of hydrogen-bond donors (Lipinski definition) is 3. The Morgan fingerprint density at radius 3 is 2.89 bits per heavy atom. The number of anilines is 2.